The van der Waals surface area contributed by atoms with Crippen molar-refractivity contribution in [1.82, 2.24) is 20.4 Å². The Hall–Kier alpha value is -1.20. The summed E-state index contributed by atoms with van der Waals surface area (Å²) < 4.78 is 5.31. The number of aryl methyl sites for hydroxylation is 1. The van der Waals surface area contributed by atoms with Crippen LogP contribution in [0, 0.1) is 13.8 Å². The zero-order valence-corrected chi connectivity index (χ0v) is 10.8. The highest BCUT2D eigenvalue weighted by Crippen LogP contribution is 2.22. The normalized spacial score (nSPS) is 17.1. The largest absolute Gasteiger partial charge is 0.480 e. The van der Waals surface area contributed by atoms with Gasteiger partial charge in [0.2, 0.25) is 5.88 Å². The maximum atomic E-state index is 5.31. The number of hydrogen-bond donors (Lipinski definition) is 1. The Bertz CT molecular complexity index is 388. The molecule has 0 unspecified atom stereocenters. The van der Waals surface area contributed by atoms with Crippen molar-refractivity contribution in [3.05, 3.63) is 16.8 Å². The van der Waals surface area contributed by atoms with Gasteiger partial charge in [0.15, 0.2) is 0 Å². The summed E-state index contributed by atoms with van der Waals surface area (Å²) in [5.41, 5.74) is 3.34. The van der Waals surface area contributed by atoms with E-state index in [0.29, 0.717) is 5.88 Å². The van der Waals surface area contributed by atoms with E-state index in [1.807, 2.05) is 6.92 Å². The predicted molar refractivity (Wildman–Crippen MR) is 66.2 cm³/mol. The Morgan fingerprint density at radius 1 is 1.24 bits per heavy atom. The van der Waals surface area contributed by atoms with Crippen molar-refractivity contribution in [2.45, 2.75) is 20.4 Å². The SMILES string of the molecule is COc1nnc(C)c(C)c1CN1CCNCC1. The average Bonchev–Trinajstić information content (AvgIpc) is 2.37. The third-order valence-electron chi connectivity index (χ3n) is 3.33. The fourth-order valence-corrected chi connectivity index (χ4v) is 2.08. The first-order valence-corrected chi connectivity index (χ1v) is 6.02. The molecular formula is C12H20N4O. The molecule has 1 aliphatic heterocycles. The van der Waals surface area contributed by atoms with Crippen LogP contribution in [0.25, 0.3) is 0 Å². The number of aromatic nitrogens is 2. The lowest BCUT2D eigenvalue weighted by atomic mass is 10.1. The Labute approximate surface area is 102 Å². The third kappa shape index (κ3) is 2.73. The van der Waals surface area contributed by atoms with Crippen molar-refractivity contribution in [2.24, 2.45) is 0 Å². The Morgan fingerprint density at radius 3 is 2.59 bits per heavy atom. The second-order valence-electron chi connectivity index (χ2n) is 4.42. The van der Waals surface area contributed by atoms with Crippen LogP contribution >= 0.6 is 0 Å². The van der Waals surface area contributed by atoms with E-state index in [4.69, 9.17) is 4.74 Å². The van der Waals surface area contributed by atoms with E-state index >= 15 is 0 Å². The maximum absolute atomic E-state index is 5.31. The van der Waals surface area contributed by atoms with E-state index in [1.165, 1.54) is 11.1 Å². The molecule has 2 heterocycles. The van der Waals surface area contributed by atoms with Crippen LogP contribution in [0.2, 0.25) is 0 Å². The van der Waals surface area contributed by atoms with E-state index in [9.17, 15) is 0 Å². The Kier molecular flexibility index (Phi) is 3.91. The van der Waals surface area contributed by atoms with E-state index < -0.39 is 0 Å². The van der Waals surface area contributed by atoms with Gasteiger partial charge in [-0.05, 0) is 19.4 Å². The van der Waals surface area contributed by atoms with Crippen LogP contribution in [0.3, 0.4) is 0 Å². The molecule has 0 aromatic carbocycles. The van der Waals surface area contributed by atoms with Crippen molar-refractivity contribution in [2.75, 3.05) is 33.3 Å². The second-order valence-corrected chi connectivity index (χ2v) is 4.42. The molecule has 1 aliphatic rings. The molecule has 5 heteroatoms. The topological polar surface area (TPSA) is 50.3 Å². The highest BCUT2D eigenvalue weighted by atomic mass is 16.5. The monoisotopic (exact) mass is 236 g/mol. The smallest absolute Gasteiger partial charge is 0.237 e. The van der Waals surface area contributed by atoms with Crippen LogP contribution in [0.1, 0.15) is 16.8 Å². The van der Waals surface area contributed by atoms with Crippen LogP contribution in [0.15, 0.2) is 0 Å². The summed E-state index contributed by atoms with van der Waals surface area (Å²) >= 11 is 0. The van der Waals surface area contributed by atoms with E-state index in [1.54, 1.807) is 7.11 Å². The minimum Gasteiger partial charge on any atom is -0.480 e. The quantitative estimate of drug-likeness (QED) is 0.828. The highest BCUT2D eigenvalue weighted by Gasteiger charge is 2.16. The number of nitrogens with one attached hydrogen (secondary N) is 1. The van der Waals surface area contributed by atoms with Gasteiger partial charge in [-0.25, -0.2) is 0 Å². The van der Waals surface area contributed by atoms with Crippen molar-refractivity contribution >= 4 is 0 Å². The molecule has 0 saturated carbocycles. The molecule has 5 nitrogen and oxygen atoms in total. The van der Waals surface area contributed by atoms with E-state index in [-0.39, 0.29) is 0 Å². The average molecular weight is 236 g/mol. The van der Waals surface area contributed by atoms with Gasteiger partial charge in [0.25, 0.3) is 0 Å². The van der Waals surface area contributed by atoms with Crippen LogP contribution in [0.5, 0.6) is 5.88 Å². The van der Waals surface area contributed by atoms with Gasteiger partial charge < -0.3 is 10.1 Å². The minimum absolute atomic E-state index is 0.659. The van der Waals surface area contributed by atoms with Gasteiger partial charge in [-0.2, -0.15) is 5.10 Å². The number of methoxy groups -OCH3 is 1. The number of hydrogen-bond acceptors (Lipinski definition) is 5. The summed E-state index contributed by atoms with van der Waals surface area (Å²) in [4.78, 5) is 2.42. The van der Waals surface area contributed by atoms with Gasteiger partial charge in [-0.1, -0.05) is 0 Å². The molecule has 2 rings (SSSR count). The molecule has 1 aromatic rings. The zero-order valence-electron chi connectivity index (χ0n) is 10.8. The molecule has 1 fully saturated rings. The first kappa shape index (κ1) is 12.3. The molecule has 0 spiro atoms. The molecule has 0 atom stereocenters. The third-order valence-corrected chi connectivity index (χ3v) is 3.33. The molecule has 0 amide bonds. The number of nitrogens with zero attached hydrogens (tertiary/aromatic N) is 3. The van der Waals surface area contributed by atoms with Crippen LogP contribution in [-0.2, 0) is 6.54 Å². The van der Waals surface area contributed by atoms with Crippen LogP contribution in [0.4, 0.5) is 0 Å². The first-order valence-electron chi connectivity index (χ1n) is 6.02. The molecule has 0 bridgehead atoms. The van der Waals surface area contributed by atoms with Crippen molar-refractivity contribution in [1.29, 1.82) is 0 Å². The maximum Gasteiger partial charge on any atom is 0.237 e. The summed E-state index contributed by atoms with van der Waals surface area (Å²) in [5, 5.41) is 11.6. The van der Waals surface area contributed by atoms with Gasteiger partial charge in [0.1, 0.15) is 0 Å². The van der Waals surface area contributed by atoms with Gasteiger partial charge in [0.05, 0.1) is 12.8 Å². The number of rotatable bonds is 3. The molecule has 1 saturated heterocycles. The van der Waals surface area contributed by atoms with Crippen molar-refractivity contribution in [3.8, 4) is 5.88 Å². The number of ether oxygens (including phenoxy) is 1. The summed E-state index contributed by atoms with van der Waals surface area (Å²) in [6.07, 6.45) is 0. The van der Waals surface area contributed by atoms with Crippen LogP contribution < -0.4 is 10.1 Å². The second kappa shape index (κ2) is 5.42. The molecule has 17 heavy (non-hydrogen) atoms. The van der Waals surface area contributed by atoms with Gasteiger partial charge in [-0.15, -0.1) is 5.10 Å². The molecule has 0 aliphatic carbocycles. The van der Waals surface area contributed by atoms with Gasteiger partial charge in [0, 0.05) is 38.3 Å². The van der Waals surface area contributed by atoms with Crippen molar-refractivity contribution < 1.29 is 4.74 Å². The summed E-state index contributed by atoms with van der Waals surface area (Å²) in [5.74, 6) is 0.659. The first-order chi connectivity index (χ1) is 8.22. The molecule has 0 radical (unpaired) electrons. The summed E-state index contributed by atoms with van der Waals surface area (Å²) in [6, 6.07) is 0. The van der Waals surface area contributed by atoms with Crippen molar-refractivity contribution in [3.63, 3.8) is 0 Å². The zero-order chi connectivity index (χ0) is 12.3. The lowest BCUT2D eigenvalue weighted by molar-refractivity contribution is 0.228. The fraction of sp³-hybridized carbons (Fsp3) is 0.667. The number of piperazine rings is 1. The lowest BCUT2D eigenvalue weighted by Gasteiger charge is -2.28. The lowest BCUT2D eigenvalue weighted by Crippen LogP contribution is -2.43. The Morgan fingerprint density at radius 2 is 1.94 bits per heavy atom. The van der Waals surface area contributed by atoms with Gasteiger partial charge in [-0.3, -0.25) is 4.90 Å². The van der Waals surface area contributed by atoms with E-state index in [2.05, 4.69) is 27.3 Å². The fourth-order valence-electron chi connectivity index (χ4n) is 2.08. The molecule has 1 aromatic heterocycles. The predicted octanol–water partition coefficient (Wildman–Crippen LogP) is 0.507. The summed E-state index contributed by atoms with van der Waals surface area (Å²) in [6.45, 7) is 9.23. The minimum atomic E-state index is 0.659. The van der Waals surface area contributed by atoms with Crippen LogP contribution in [-0.4, -0.2) is 48.4 Å². The summed E-state index contributed by atoms with van der Waals surface area (Å²) in [7, 11) is 1.65. The highest BCUT2D eigenvalue weighted by molar-refractivity contribution is 5.35. The van der Waals surface area contributed by atoms with E-state index in [0.717, 1.165) is 38.4 Å². The Balaban J connectivity index is 2.20. The molecular weight excluding hydrogens is 216 g/mol. The standard InChI is InChI=1S/C12H20N4O/c1-9-10(2)14-15-12(17-3)11(9)8-16-6-4-13-5-7-16/h13H,4-8H2,1-3H3. The van der Waals surface area contributed by atoms with Gasteiger partial charge >= 0.3 is 0 Å². The molecule has 94 valence electrons. The molecule has 1 N–H and O–H groups in total.